The Kier molecular flexibility index (Phi) is 6.66. The van der Waals surface area contributed by atoms with E-state index in [9.17, 15) is 13.2 Å². The molecule has 1 aliphatic rings. The van der Waals surface area contributed by atoms with E-state index in [4.69, 9.17) is 9.47 Å². The van der Waals surface area contributed by atoms with Gasteiger partial charge in [-0.15, -0.1) is 0 Å². The molecule has 1 aliphatic heterocycles. The van der Waals surface area contributed by atoms with E-state index in [0.717, 1.165) is 5.56 Å². The van der Waals surface area contributed by atoms with Gasteiger partial charge in [0.05, 0.1) is 26.4 Å². The second kappa shape index (κ2) is 8.53. The molecule has 0 bridgehead atoms. The number of benzene rings is 1. The molecule has 1 heterocycles. The summed E-state index contributed by atoms with van der Waals surface area (Å²) in [5.41, 5.74) is 0.788. The van der Waals surface area contributed by atoms with Gasteiger partial charge in [-0.25, -0.2) is 12.7 Å². The molecule has 25 heavy (non-hydrogen) atoms. The van der Waals surface area contributed by atoms with Crippen molar-refractivity contribution < 1.29 is 22.7 Å². The standard InChI is InChI=1S/C17H26N2O5S/c1-4-25(21,22)19-9-5-8-18(10-11-19)17(20)12-14-6-7-15(23-2)13-16(14)24-3/h6-7,13H,4-5,8-12H2,1-3H3. The van der Waals surface area contributed by atoms with Gasteiger partial charge in [0.2, 0.25) is 15.9 Å². The average Bonchev–Trinajstić information content (AvgIpc) is 2.88. The number of carbonyl (C=O) groups is 1. The first-order valence-electron chi connectivity index (χ1n) is 8.37. The van der Waals surface area contributed by atoms with Gasteiger partial charge < -0.3 is 14.4 Å². The lowest BCUT2D eigenvalue weighted by Gasteiger charge is -2.22. The fourth-order valence-electron chi connectivity index (χ4n) is 2.88. The topological polar surface area (TPSA) is 76.2 Å². The zero-order valence-corrected chi connectivity index (χ0v) is 15.8. The van der Waals surface area contributed by atoms with Gasteiger partial charge in [-0.05, 0) is 19.4 Å². The van der Waals surface area contributed by atoms with Gasteiger partial charge in [0.15, 0.2) is 0 Å². The van der Waals surface area contributed by atoms with Gasteiger partial charge in [0, 0.05) is 37.8 Å². The van der Waals surface area contributed by atoms with Crippen LogP contribution in [0.2, 0.25) is 0 Å². The zero-order valence-electron chi connectivity index (χ0n) is 15.0. The summed E-state index contributed by atoms with van der Waals surface area (Å²) in [7, 11) is -0.0755. The van der Waals surface area contributed by atoms with Crippen LogP contribution in [0.15, 0.2) is 18.2 Å². The maximum Gasteiger partial charge on any atom is 0.227 e. The minimum Gasteiger partial charge on any atom is -0.497 e. The fourth-order valence-corrected chi connectivity index (χ4v) is 4.01. The third-order valence-corrected chi connectivity index (χ3v) is 6.28. The molecule has 0 spiro atoms. The van der Waals surface area contributed by atoms with Crippen LogP contribution in [0, 0.1) is 0 Å². The highest BCUT2D eigenvalue weighted by Gasteiger charge is 2.25. The Labute approximate surface area is 149 Å². The SMILES string of the molecule is CCS(=O)(=O)N1CCCN(C(=O)Cc2ccc(OC)cc2OC)CC1. The van der Waals surface area contributed by atoms with Crippen LogP contribution < -0.4 is 9.47 Å². The molecule has 1 saturated heterocycles. The molecule has 8 heteroatoms. The summed E-state index contributed by atoms with van der Waals surface area (Å²) in [6, 6.07) is 5.37. The minimum atomic E-state index is -3.21. The van der Waals surface area contributed by atoms with Crippen molar-refractivity contribution in [1.82, 2.24) is 9.21 Å². The number of carbonyl (C=O) groups excluding carboxylic acids is 1. The maximum atomic E-state index is 12.6. The predicted octanol–water partition coefficient (Wildman–Crippen LogP) is 1.13. The molecule has 0 radical (unpaired) electrons. The van der Waals surface area contributed by atoms with Gasteiger partial charge in [0.1, 0.15) is 11.5 Å². The molecule has 1 aromatic carbocycles. The first-order chi connectivity index (χ1) is 11.9. The number of sulfonamides is 1. The number of ether oxygens (including phenoxy) is 2. The normalized spacial score (nSPS) is 16.4. The van der Waals surface area contributed by atoms with Crippen LogP contribution in [-0.2, 0) is 21.2 Å². The summed E-state index contributed by atoms with van der Waals surface area (Å²) in [6.07, 6.45) is 0.860. The average molecular weight is 370 g/mol. The fraction of sp³-hybridized carbons (Fsp3) is 0.588. The Bertz CT molecular complexity index is 705. The molecular formula is C17H26N2O5S. The Morgan fingerprint density at radius 1 is 1.12 bits per heavy atom. The molecule has 1 amide bonds. The number of methoxy groups -OCH3 is 2. The van der Waals surface area contributed by atoms with Crippen molar-refractivity contribution in [2.75, 3.05) is 46.2 Å². The largest absolute Gasteiger partial charge is 0.497 e. The van der Waals surface area contributed by atoms with Crippen molar-refractivity contribution in [3.05, 3.63) is 23.8 Å². The quantitative estimate of drug-likeness (QED) is 0.750. The van der Waals surface area contributed by atoms with E-state index in [-0.39, 0.29) is 18.1 Å². The van der Waals surface area contributed by atoms with E-state index >= 15 is 0 Å². The third kappa shape index (κ3) is 4.85. The third-order valence-electron chi connectivity index (χ3n) is 4.40. The van der Waals surface area contributed by atoms with Crippen molar-refractivity contribution in [1.29, 1.82) is 0 Å². The van der Waals surface area contributed by atoms with Crippen molar-refractivity contribution in [2.45, 2.75) is 19.8 Å². The molecule has 0 aliphatic carbocycles. The molecular weight excluding hydrogens is 344 g/mol. The highest BCUT2D eigenvalue weighted by molar-refractivity contribution is 7.89. The lowest BCUT2D eigenvalue weighted by Crippen LogP contribution is -2.38. The molecule has 2 rings (SSSR count). The van der Waals surface area contributed by atoms with Crippen LogP contribution in [0.1, 0.15) is 18.9 Å². The summed E-state index contributed by atoms with van der Waals surface area (Å²) >= 11 is 0. The molecule has 7 nitrogen and oxygen atoms in total. The van der Waals surface area contributed by atoms with Crippen molar-refractivity contribution in [3.8, 4) is 11.5 Å². The zero-order chi connectivity index (χ0) is 18.4. The number of nitrogens with zero attached hydrogens (tertiary/aromatic N) is 2. The first-order valence-corrected chi connectivity index (χ1v) is 9.98. The van der Waals surface area contributed by atoms with E-state index < -0.39 is 10.0 Å². The molecule has 0 saturated carbocycles. The number of hydrogen-bond donors (Lipinski definition) is 0. The van der Waals surface area contributed by atoms with E-state index in [1.807, 2.05) is 6.07 Å². The number of rotatable bonds is 6. The summed E-state index contributed by atoms with van der Waals surface area (Å²) < 4.78 is 36.0. The Morgan fingerprint density at radius 2 is 1.88 bits per heavy atom. The lowest BCUT2D eigenvalue weighted by molar-refractivity contribution is -0.130. The molecule has 140 valence electrons. The Hall–Kier alpha value is -1.80. The molecule has 0 unspecified atom stereocenters. The van der Waals surface area contributed by atoms with Crippen LogP contribution in [0.3, 0.4) is 0 Å². The Morgan fingerprint density at radius 3 is 2.52 bits per heavy atom. The van der Waals surface area contributed by atoms with Crippen LogP contribution in [-0.4, -0.2) is 69.7 Å². The van der Waals surface area contributed by atoms with Gasteiger partial charge in [-0.1, -0.05) is 6.07 Å². The monoisotopic (exact) mass is 370 g/mol. The molecule has 0 atom stereocenters. The lowest BCUT2D eigenvalue weighted by atomic mass is 10.1. The summed E-state index contributed by atoms with van der Waals surface area (Å²) in [5.74, 6) is 1.34. The highest BCUT2D eigenvalue weighted by atomic mass is 32.2. The van der Waals surface area contributed by atoms with Gasteiger partial charge >= 0.3 is 0 Å². The predicted molar refractivity (Wildman–Crippen MR) is 95.5 cm³/mol. The number of hydrogen-bond acceptors (Lipinski definition) is 5. The second-order valence-electron chi connectivity index (χ2n) is 5.89. The molecule has 1 aromatic rings. The van der Waals surface area contributed by atoms with E-state index in [1.165, 1.54) is 4.31 Å². The van der Waals surface area contributed by atoms with Crippen LogP contribution >= 0.6 is 0 Å². The molecule has 0 aromatic heterocycles. The van der Waals surface area contributed by atoms with Gasteiger partial charge in [-0.2, -0.15) is 0 Å². The second-order valence-corrected chi connectivity index (χ2v) is 8.15. The highest BCUT2D eigenvalue weighted by Crippen LogP contribution is 2.25. The Balaban J connectivity index is 2.04. The minimum absolute atomic E-state index is 0.0285. The van der Waals surface area contributed by atoms with Crippen molar-refractivity contribution in [3.63, 3.8) is 0 Å². The van der Waals surface area contributed by atoms with Gasteiger partial charge in [0.25, 0.3) is 0 Å². The molecule has 0 N–H and O–H groups in total. The molecule has 1 fully saturated rings. The van der Waals surface area contributed by atoms with E-state index in [1.54, 1.807) is 38.2 Å². The van der Waals surface area contributed by atoms with Crippen LogP contribution in [0.5, 0.6) is 11.5 Å². The van der Waals surface area contributed by atoms with Crippen LogP contribution in [0.25, 0.3) is 0 Å². The van der Waals surface area contributed by atoms with Crippen molar-refractivity contribution in [2.24, 2.45) is 0 Å². The summed E-state index contributed by atoms with van der Waals surface area (Å²) in [4.78, 5) is 14.4. The number of amides is 1. The van der Waals surface area contributed by atoms with Gasteiger partial charge in [-0.3, -0.25) is 4.79 Å². The smallest absolute Gasteiger partial charge is 0.227 e. The van der Waals surface area contributed by atoms with Crippen LogP contribution in [0.4, 0.5) is 0 Å². The first kappa shape index (κ1) is 19.5. The summed E-state index contributed by atoms with van der Waals surface area (Å²) in [5, 5.41) is 0. The maximum absolute atomic E-state index is 12.6. The summed E-state index contributed by atoms with van der Waals surface area (Å²) in [6.45, 7) is 3.43. The van der Waals surface area contributed by atoms with Crippen molar-refractivity contribution >= 4 is 15.9 Å². The van der Waals surface area contributed by atoms with E-state index in [0.29, 0.717) is 44.1 Å². The van der Waals surface area contributed by atoms with E-state index in [2.05, 4.69) is 0 Å².